The number of nitrogen functional groups attached to an aromatic ring is 1. The molecule has 0 atom stereocenters. The fraction of sp³-hybridized carbons (Fsp3) is 0.684. The van der Waals surface area contributed by atoms with Crippen LogP contribution in [0.2, 0.25) is 0 Å². The molecular formula is C19H33N5. The number of aryl methyl sites for hydroxylation is 1. The second-order valence-corrected chi connectivity index (χ2v) is 7.65. The minimum Gasteiger partial charge on any atom is -0.397 e. The second kappa shape index (κ2) is 7.19. The van der Waals surface area contributed by atoms with Crippen LogP contribution in [0.5, 0.6) is 0 Å². The lowest BCUT2D eigenvalue weighted by Crippen LogP contribution is -2.52. The summed E-state index contributed by atoms with van der Waals surface area (Å²) in [5, 5.41) is 0. The van der Waals surface area contributed by atoms with Gasteiger partial charge in [0.15, 0.2) is 0 Å². The highest BCUT2D eigenvalue weighted by Crippen LogP contribution is 2.33. The van der Waals surface area contributed by atoms with Crippen molar-refractivity contribution in [3.05, 3.63) is 17.7 Å². The summed E-state index contributed by atoms with van der Waals surface area (Å²) in [6.07, 6.45) is 2.54. The molecule has 0 bridgehead atoms. The van der Waals surface area contributed by atoms with E-state index in [9.17, 15) is 0 Å². The summed E-state index contributed by atoms with van der Waals surface area (Å²) in [6.45, 7) is 9.35. The summed E-state index contributed by atoms with van der Waals surface area (Å²) in [5.41, 5.74) is 10.8. The lowest BCUT2D eigenvalue weighted by atomic mass is 10.00. The molecule has 0 radical (unpaired) electrons. The van der Waals surface area contributed by atoms with Crippen LogP contribution in [0.3, 0.4) is 0 Å². The molecule has 2 heterocycles. The number of piperazine rings is 1. The third-order valence-corrected chi connectivity index (χ3v) is 5.69. The third-order valence-electron chi connectivity index (χ3n) is 5.69. The predicted octanol–water partition coefficient (Wildman–Crippen LogP) is 1.86. The summed E-state index contributed by atoms with van der Waals surface area (Å²) in [5.74, 6) is 0. The molecule has 2 N–H and O–H groups in total. The number of nitrogens with zero attached hydrogens (tertiary/aromatic N) is 4. The Balaban J connectivity index is 1.65. The monoisotopic (exact) mass is 331 g/mol. The van der Waals surface area contributed by atoms with Crippen molar-refractivity contribution in [2.24, 2.45) is 0 Å². The maximum absolute atomic E-state index is 6.18. The van der Waals surface area contributed by atoms with Crippen LogP contribution in [-0.4, -0.2) is 76.3 Å². The van der Waals surface area contributed by atoms with Crippen molar-refractivity contribution in [1.29, 1.82) is 0 Å². The van der Waals surface area contributed by atoms with Gasteiger partial charge in [-0.2, -0.15) is 0 Å². The first-order valence-electron chi connectivity index (χ1n) is 9.20. The summed E-state index contributed by atoms with van der Waals surface area (Å²) in [6, 6.07) is 5.15. The average molecular weight is 332 g/mol. The highest BCUT2D eigenvalue weighted by molar-refractivity contribution is 5.75. The molecule has 0 amide bonds. The van der Waals surface area contributed by atoms with Gasteiger partial charge < -0.3 is 20.4 Å². The number of benzene rings is 1. The van der Waals surface area contributed by atoms with Gasteiger partial charge in [0.25, 0.3) is 0 Å². The van der Waals surface area contributed by atoms with E-state index in [1.807, 2.05) is 0 Å². The van der Waals surface area contributed by atoms with Crippen LogP contribution in [0.15, 0.2) is 12.1 Å². The van der Waals surface area contributed by atoms with Crippen LogP contribution in [0.4, 0.5) is 17.1 Å². The average Bonchev–Trinajstić information content (AvgIpc) is 2.55. The van der Waals surface area contributed by atoms with Crippen molar-refractivity contribution in [3.8, 4) is 0 Å². The number of anilines is 3. The molecule has 0 unspecified atom stereocenters. The quantitative estimate of drug-likeness (QED) is 0.856. The Morgan fingerprint density at radius 2 is 1.62 bits per heavy atom. The number of likely N-dealkylation sites (N-methyl/N-ethyl adjacent to an activating group) is 1. The van der Waals surface area contributed by atoms with E-state index in [0.29, 0.717) is 0 Å². The number of piperidine rings is 1. The van der Waals surface area contributed by atoms with Crippen molar-refractivity contribution in [1.82, 2.24) is 9.80 Å². The van der Waals surface area contributed by atoms with Gasteiger partial charge in [-0.15, -0.1) is 0 Å². The zero-order valence-electron chi connectivity index (χ0n) is 15.8. The van der Waals surface area contributed by atoms with Gasteiger partial charge >= 0.3 is 0 Å². The van der Waals surface area contributed by atoms with Crippen LogP contribution >= 0.6 is 0 Å². The molecule has 0 spiro atoms. The first kappa shape index (κ1) is 17.4. The van der Waals surface area contributed by atoms with E-state index in [0.717, 1.165) is 30.5 Å². The van der Waals surface area contributed by atoms with E-state index >= 15 is 0 Å². The number of hydrogen-bond acceptors (Lipinski definition) is 5. The topological polar surface area (TPSA) is 39.0 Å². The van der Waals surface area contributed by atoms with Gasteiger partial charge in [-0.05, 0) is 44.5 Å². The molecule has 1 aromatic rings. The van der Waals surface area contributed by atoms with Gasteiger partial charge in [-0.25, -0.2) is 0 Å². The molecule has 134 valence electrons. The Morgan fingerprint density at radius 1 is 1.00 bits per heavy atom. The van der Waals surface area contributed by atoms with Crippen LogP contribution in [0.1, 0.15) is 18.4 Å². The summed E-state index contributed by atoms with van der Waals surface area (Å²) < 4.78 is 0. The zero-order chi connectivity index (χ0) is 17.3. The molecule has 2 aliphatic heterocycles. The Hall–Kier alpha value is -1.46. The van der Waals surface area contributed by atoms with Crippen molar-refractivity contribution in [2.45, 2.75) is 25.8 Å². The van der Waals surface area contributed by atoms with E-state index in [2.05, 4.69) is 59.8 Å². The van der Waals surface area contributed by atoms with Crippen molar-refractivity contribution in [2.75, 3.05) is 75.9 Å². The van der Waals surface area contributed by atoms with Gasteiger partial charge in [0.2, 0.25) is 0 Å². The molecule has 24 heavy (non-hydrogen) atoms. The van der Waals surface area contributed by atoms with E-state index in [4.69, 9.17) is 5.73 Å². The Labute approximate surface area is 147 Å². The van der Waals surface area contributed by atoms with Crippen LogP contribution in [0.25, 0.3) is 0 Å². The first-order valence-corrected chi connectivity index (χ1v) is 9.20. The fourth-order valence-corrected chi connectivity index (χ4v) is 4.09. The van der Waals surface area contributed by atoms with Crippen LogP contribution in [0, 0.1) is 6.92 Å². The Bertz CT molecular complexity index is 555. The number of hydrogen-bond donors (Lipinski definition) is 1. The van der Waals surface area contributed by atoms with Gasteiger partial charge in [-0.3, -0.25) is 4.90 Å². The van der Waals surface area contributed by atoms with E-state index < -0.39 is 0 Å². The zero-order valence-corrected chi connectivity index (χ0v) is 15.8. The Morgan fingerprint density at radius 3 is 2.21 bits per heavy atom. The third kappa shape index (κ3) is 3.62. The second-order valence-electron chi connectivity index (χ2n) is 7.65. The SMILES string of the molecule is Cc1cc(N)c(N(C)C)cc1N1CCC(N2CCN(C)CC2)CC1. The van der Waals surface area contributed by atoms with Crippen molar-refractivity contribution < 1.29 is 0 Å². The molecule has 2 fully saturated rings. The maximum Gasteiger partial charge on any atom is 0.0615 e. The van der Waals surface area contributed by atoms with Crippen molar-refractivity contribution in [3.63, 3.8) is 0 Å². The summed E-state index contributed by atoms with van der Waals surface area (Å²) >= 11 is 0. The molecule has 2 aliphatic rings. The van der Waals surface area contributed by atoms with Crippen molar-refractivity contribution >= 4 is 17.1 Å². The lowest BCUT2D eigenvalue weighted by molar-refractivity contribution is 0.0982. The van der Waals surface area contributed by atoms with E-state index in [1.165, 1.54) is 50.3 Å². The first-order chi connectivity index (χ1) is 11.5. The van der Waals surface area contributed by atoms with E-state index in [-0.39, 0.29) is 0 Å². The predicted molar refractivity (Wildman–Crippen MR) is 104 cm³/mol. The molecule has 0 aliphatic carbocycles. The van der Waals surface area contributed by atoms with Gasteiger partial charge in [0.05, 0.1) is 11.4 Å². The summed E-state index contributed by atoms with van der Waals surface area (Å²) in [4.78, 5) is 9.80. The van der Waals surface area contributed by atoms with Crippen LogP contribution < -0.4 is 15.5 Å². The molecule has 5 nitrogen and oxygen atoms in total. The molecule has 1 aromatic carbocycles. The van der Waals surface area contributed by atoms with E-state index in [1.54, 1.807) is 0 Å². The molecule has 2 saturated heterocycles. The fourth-order valence-electron chi connectivity index (χ4n) is 4.09. The van der Waals surface area contributed by atoms with Gasteiger partial charge in [0, 0.05) is 65.1 Å². The number of nitrogens with two attached hydrogens (primary N) is 1. The van der Waals surface area contributed by atoms with Gasteiger partial charge in [-0.1, -0.05) is 0 Å². The highest BCUT2D eigenvalue weighted by atomic mass is 15.3. The molecule has 5 heteroatoms. The smallest absolute Gasteiger partial charge is 0.0615 e. The minimum absolute atomic E-state index is 0.761. The maximum atomic E-state index is 6.18. The largest absolute Gasteiger partial charge is 0.397 e. The molecule has 0 aromatic heterocycles. The van der Waals surface area contributed by atoms with Gasteiger partial charge in [0.1, 0.15) is 0 Å². The summed E-state index contributed by atoms with van der Waals surface area (Å²) in [7, 11) is 6.35. The normalized spacial score (nSPS) is 21.2. The van der Waals surface area contributed by atoms with Crippen LogP contribution in [-0.2, 0) is 0 Å². The Kier molecular flexibility index (Phi) is 5.21. The minimum atomic E-state index is 0.761. The molecular weight excluding hydrogens is 298 g/mol. The molecule has 3 rings (SSSR count). The standard InChI is InChI=1S/C19H33N5/c1-15-13-17(20)19(21(2)3)14-18(15)24-7-5-16(6-8-24)23-11-9-22(4)10-12-23/h13-14,16H,5-12,20H2,1-4H3. The molecule has 0 saturated carbocycles. The number of rotatable bonds is 3. The highest BCUT2D eigenvalue weighted by Gasteiger charge is 2.27. The lowest BCUT2D eigenvalue weighted by Gasteiger charge is -2.43.